The van der Waals surface area contributed by atoms with Gasteiger partial charge in [-0.3, -0.25) is 4.79 Å². The van der Waals surface area contributed by atoms with Gasteiger partial charge in [-0.2, -0.15) is 0 Å². The summed E-state index contributed by atoms with van der Waals surface area (Å²) in [6, 6.07) is 3.29. The number of amides is 1. The maximum absolute atomic E-state index is 11.3. The number of carbonyl (C=O) groups excluding carboxylic acids is 1. The Balaban J connectivity index is 3.24. The third-order valence-corrected chi connectivity index (χ3v) is 2.68. The average Bonchev–Trinajstić information content (AvgIpc) is 2.20. The van der Waals surface area contributed by atoms with Crippen LogP contribution in [-0.4, -0.2) is 17.0 Å². The van der Waals surface area contributed by atoms with Crippen molar-refractivity contribution in [1.29, 1.82) is 0 Å². The van der Waals surface area contributed by atoms with Crippen molar-refractivity contribution in [2.24, 2.45) is 0 Å². The molecule has 1 amide bonds. The molecule has 0 unspecified atom stereocenters. The van der Waals surface area contributed by atoms with E-state index in [1.54, 1.807) is 19.9 Å². The number of nitrogens with one attached hydrogen (secondary N) is 1. The quantitative estimate of drug-likeness (QED) is 0.897. The van der Waals surface area contributed by atoms with Crippen molar-refractivity contribution in [3.05, 3.63) is 27.7 Å². The summed E-state index contributed by atoms with van der Waals surface area (Å²) in [6.07, 6.45) is 0.305. The number of hydrogen-bond acceptors (Lipinski definition) is 2. The van der Waals surface area contributed by atoms with Gasteiger partial charge in [0.15, 0.2) is 0 Å². The van der Waals surface area contributed by atoms with Crippen LogP contribution in [0.3, 0.4) is 0 Å². The average molecular weight is 286 g/mol. The lowest BCUT2D eigenvalue weighted by Gasteiger charge is -2.11. The second-order valence-corrected chi connectivity index (χ2v) is 4.23. The van der Waals surface area contributed by atoms with Crippen molar-refractivity contribution in [1.82, 2.24) is 0 Å². The summed E-state index contributed by atoms with van der Waals surface area (Å²) in [7, 11) is 0. The lowest BCUT2D eigenvalue weighted by Crippen LogP contribution is -2.14. The van der Waals surface area contributed by atoms with Crippen LogP contribution in [0.5, 0.6) is 0 Å². The highest BCUT2D eigenvalue weighted by Gasteiger charge is 2.15. The number of carbonyl (C=O) groups is 2. The Morgan fingerprint density at radius 1 is 1.44 bits per heavy atom. The highest BCUT2D eigenvalue weighted by Crippen LogP contribution is 2.28. The summed E-state index contributed by atoms with van der Waals surface area (Å²) in [4.78, 5) is 22.3. The zero-order valence-corrected chi connectivity index (χ0v) is 10.6. The zero-order valence-electron chi connectivity index (χ0n) is 9.00. The van der Waals surface area contributed by atoms with Gasteiger partial charge in [0.2, 0.25) is 5.91 Å². The number of carboxylic acids is 1. The van der Waals surface area contributed by atoms with Crippen LogP contribution in [0.4, 0.5) is 5.69 Å². The molecule has 16 heavy (non-hydrogen) atoms. The fourth-order valence-electron chi connectivity index (χ4n) is 1.27. The van der Waals surface area contributed by atoms with Gasteiger partial charge in [0.25, 0.3) is 0 Å². The van der Waals surface area contributed by atoms with E-state index in [-0.39, 0.29) is 11.5 Å². The van der Waals surface area contributed by atoms with Gasteiger partial charge in [0, 0.05) is 10.9 Å². The highest BCUT2D eigenvalue weighted by atomic mass is 79.9. The summed E-state index contributed by atoms with van der Waals surface area (Å²) >= 11 is 3.25. The molecule has 86 valence electrons. The number of benzene rings is 1. The van der Waals surface area contributed by atoms with Crippen LogP contribution in [-0.2, 0) is 4.79 Å². The molecule has 0 radical (unpaired) electrons. The Hall–Kier alpha value is -1.36. The second-order valence-electron chi connectivity index (χ2n) is 3.38. The van der Waals surface area contributed by atoms with E-state index in [0.29, 0.717) is 16.6 Å². The van der Waals surface area contributed by atoms with Gasteiger partial charge in [-0.25, -0.2) is 4.79 Å². The number of rotatable bonds is 3. The molecule has 4 nitrogen and oxygen atoms in total. The van der Waals surface area contributed by atoms with E-state index in [0.717, 1.165) is 5.56 Å². The first-order valence-electron chi connectivity index (χ1n) is 4.79. The van der Waals surface area contributed by atoms with Crippen LogP contribution in [0.15, 0.2) is 16.6 Å². The second kappa shape index (κ2) is 5.12. The first-order valence-corrected chi connectivity index (χ1v) is 5.58. The number of carboxylic acid groups (broad SMARTS) is 1. The Bertz CT molecular complexity index is 443. The van der Waals surface area contributed by atoms with Crippen LogP contribution < -0.4 is 5.32 Å². The molecule has 0 heterocycles. The predicted octanol–water partition coefficient (Wildman–Crippen LogP) is 2.80. The van der Waals surface area contributed by atoms with Crippen molar-refractivity contribution < 1.29 is 14.7 Å². The lowest BCUT2D eigenvalue weighted by atomic mass is 10.1. The van der Waals surface area contributed by atoms with E-state index in [2.05, 4.69) is 21.2 Å². The molecule has 0 aliphatic heterocycles. The van der Waals surface area contributed by atoms with Crippen LogP contribution in [0.2, 0.25) is 0 Å². The summed E-state index contributed by atoms with van der Waals surface area (Å²) in [5.74, 6) is -1.28. The molecule has 0 bridgehead atoms. The van der Waals surface area contributed by atoms with E-state index in [1.165, 1.54) is 6.07 Å². The van der Waals surface area contributed by atoms with Gasteiger partial charge >= 0.3 is 5.97 Å². The minimum Gasteiger partial charge on any atom is -0.478 e. The predicted molar refractivity (Wildman–Crippen MR) is 64.8 cm³/mol. The van der Waals surface area contributed by atoms with Gasteiger partial charge in [0.05, 0.1) is 11.3 Å². The standard InChI is InChI=1S/C11H12BrNO3/c1-3-9(14)13-10-7(11(15)16)4-6(2)5-8(10)12/h4-5H,3H2,1-2H3,(H,13,14)(H,15,16). The number of aromatic carboxylic acids is 1. The Kier molecular flexibility index (Phi) is 4.06. The molecule has 1 aromatic carbocycles. The molecular formula is C11H12BrNO3. The highest BCUT2D eigenvalue weighted by molar-refractivity contribution is 9.10. The van der Waals surface area contributed by atoms with E-state index in [9.17, 15) is 9.59 Å². The fraction of sp³-hybridized carbons (Fsp3) is 0.273. The maximum atomic E-state index is 11.3. The van der Waals surface area contributed by atoms with Crippen LogP contribution >= 0.6 is 15.9 Å². The maximum Gasteiger partial charge on any atom is 0.337 e. The van der Waals surface area contributed by atoms with Crippen LogP contribution in [0, 0.1) is 6.92 Å². The molecule has 1 rings (SSSR count). The third-order valence-electron chi connectivity index (χ3n) is 2.05. The molecule has 0 fully saturated rings. The van der Waals surface area contributed by atoms with Crippen LogP contribution in [0.1, 0.15) is 29.3 Å². The SMILES string of the molecule is CCC(=O)Nc1c(Br)cc(C)cc1C(=O)O. The monoisotopic (exact) mass is 285 g/mol. The number of halogens is 1. The van der Waals surface area contributed by atoms with E-state index >= 15 is 0 Å². The normalized spacial score (nSPS) is 9.94. The fourth-order valence-corrected chi connectivity index (χ4v) is 1.94. The molecular weight excluding hydrogens is 274 g/mol. The summed E-state index contributed by atoms with van der Waals surface area (Å²) in [5, 5.41) is 11.6. The van der Waals surface area contributed by atoms with Crippen LogP contribution in [0.25, 0.3) is 0 Å². The van der Waals surface area contributed by atoms with E-state index < -0.39 is 5.97 Å². The zero-order chi connectivity index (χ0) is 12.3. The molecule has 0 saturated carbocycles. The Morgan fingerprint density at radius 3 is 2.56 bits per heavy atom. The molecule has 2 N–H and O–H groups in total. The van der Waals surface area contributed by atoms with Crippen molar-refractivity contribution in [2.45, 2.75) is 20.3 Å². The lowest BCUT2D eigenvalue weighted by molar-refractivity contribution is -0.115. The Labute approximate surface area is 102 Å². The van der Waals surface area contributed by atoms with Crippen molar-refractivity contribution in [3.8, 4) is 0 Å². The van der Waals surface area contributed by atoms with Gasteiger partial charge in [-0.05, 0) is 40.5 Å². The summed E-state index contributed by atoms with van der Waals surface area (Å²) in [5.41, 5.74) is 1.22. The number of anilines is 1. The summed E-state index contributed by atoms with van der Waals surface area (Å²) in [6.45, 7) is 3.50. The molecule has 0 atom stereocenters. The molecule has 0 aromatic heterocycles. The molecule has 0 spiro atoms. The molecule has 1 aromatic rings. The van der Waals surface area contributed by atoms with E-state index in [1.807, 2.05) is 0 Å². The molecule has 0 saturated heterocycles. The number of hydrogen-bond donors (Lipinski definition) is 2. The Morgan fingerprint density at radius 2 is 2.06 bits per heavy atom. The smallest absolute Gasteiger partial charge is 0.337 e. The van der Waals surface area contributed by atoms with Gasteiger partial charge in [0.1, 0.15) is 0 Å². The van der Waals surface area contributed by atoms with E-state index in [4.69, 9.17) is 5.11 Å². The summed E-state index contributed by atoms with van der Waals surface area (Å²) < 4.78 is 0.576. The first-order chi connectivity index (χ1) is 7.45. The number of aryl methyl sites for hydroxylation is 1. The first kappa shape index (κ1) is 12.7. The third kappa shape index (κ3) is 2.82. The molecule has 0 aliphatic carbocycles. The molecule has 0 aliphatic rings. The van der Waals surface area contributed by atoms with Crippen molar-refractivity contribution in [2.75, 3.05) is 5.32 Å². The van der Waals surface area contributed by atoms with Crippen molar-refractivity contribution in [3.63, 3.8) is 0 Å². The van der Waals surface area contributed by atoms with Gasteiger partial charge in [-0.15, -0.1) is 0 Å². The van der Waals surface area contributed by atoms with Gasteiger partial charge < -0.3 is 10.4 Å². The topological polar surface area (TPSA) is 66.4 Å². The van der Waals surface area contributed by atoms with Gasteiger partial charge in [-0.1, -0.05) is 6.92 Å². The minimum absolute atomic E-state index is 0.0914. The largest absolute Gasteiger partial charge is 0.478 e. The van der Waals surface area contributed by atoms with Crippen molar-refractivity contribution >= 4 is 33.5 Å². The minimum atomic E-state index is -1.06. The molecule has 5 heteroatoms.